The van der Waals surface area contributed by atoms with E-state index in [0.717, 1.165) is 11.1 Å². The molecule has 0 N–H and O–H groups in total. The largest absolute Gasteiger partial charge is 0.493 e. The fourth-order valence-corrected chi connectivity index (χ4v) is 4.06. The lowest BCUT2D eigenvalue weighted by Crippen LogP contribution is -2.23. The highest BCUT2D eigenvalue weighted by molar-refractivity contribution is 8.18. The van der Waals surface area contributed by atoms with Crippen molar-refractivity contribution in [1.29, 1.82) is 0 Å². The summed E-state index contributed by atoms with van der Waals surface area (Å²) in [5.74, 6) is 1.63. The van der Waals surface area contributed by atoms with Crippen molar-refractivity contribution < 1.29 is 14.3 Å². The van der Waals surface area contributed by atoms with Gasteiger partial charge >= 0.3 is 0 Å². The van der Waals surface area contributed by atoms with E-state index in [9.17, 15) is 4.79 Å². The number of benzene rings is 2. The third kappa shape index (κ3) is 5.12. The molecule has 1 aliphatic heterocycles. The van der Waals surface area contributed by atoms with Crippen LogP contribution < -0.4 is 9.47 Å². The second-order valence-electron chi connectivity index (χ2n) is 6.88. The lowest BCUT2D eigenvalue weighted by molar-refractivity contribution is -0.121. The third-order valence-corrected chi connectivity index (χ3v) is 5.97. The summed E-state index contributed by atoms with van der Waals surface area (Å²) < 4.78 is 11.4. The van der Waals surface area contributed by atoms with Gasteiger partial charge in [0.2, 0.25) is 0 Å². The van der Waals surface area contributed by atoms with Gasteiger partial charge in [0.25, 0.3) is 5.91 Å². The Hall–Kier alpha value is -3.29. The zero-order chi connectivity index (χ0) is 22.5. The lowest BCUT2D eigenvalue weighted by Gasteiger charge is -2.11. The molecular formula is C24H20ClN3O3S. The van der Waals surface area contributed by atoms with Gasteiger partial charge in [-0.1, -0.05) is 35.9 Å². The van der Waals surface area contributed by atoms with Gasteiger partial charge in [-0.3, -0.25) is 9.69 Å². The number of likely N-dealkylation sites (N-methyl/N-ethyl adjacent to an activating group) is 1. The van der Waals surface area contributed by atoms with Crippen LogP contribution in [0.5, 0.6) is 11.5 Å². The number of hydrogen-bond acceptors (Lipinski definition) is 6. The number of aromatic nitrogens is 1. The number of carbonyl (C=O) groups excluding carboxylic acids is 1. The minimum absolute atomic E-state index is 0.119. The number of pyridine rings is 1. The van der Waals surface area contributed by atoms with Gasteiger partial charge in [-0.05, 0) is 65.4 Å². The average Bonchev–Trinajstić information content (AvgIpc) is 3.07. The van der Waals surface area contributed by atoms with Gasteiger partial charge in [-0.2, -0.15) is 0 Å². The Morgan fingerprint density at radius 3 is 2.66 bits per heavy atom. The Kier molecular flexibility index (Phi) is 6.78. The van der Waals surface area contributed by atoms with Crippen LogP contribution in [0, 0.1) is 0 Å². The predicted octanol–water partition coefficient (Wildman–Crippen LogP) is 5.56. The lowest BCUT2D eigenvalue weighted by atomic mass is 10.2. The summed E-state index contributed by atoms with van der Waals surface area (Å²) >= 11 is 7.23. The highest BCUT2D eigenvalue weighted by Gasteiger charge is 2.30. The number of amidine groups is 1. The van der Waals surface area contributed by atoms with E-state index >= 15 is 0 Å². The summed E-state index contributed by atoms with van der Waals surface area (Å²) in [5, 5.41) is 1.26. The summed E-state index contributed by atoms with van der Waals surface area (Å²) in [6.07, 6.45) is 3.48. The van der Waals surface area contributed by atoms with Crippen LogP contribution in [-0.2, 0) is 11.4 Å². The van der Waals surface area contributed by atoms with Gasteiger partial charge < -0.3 is 9.47 Å². The van der Waals surface area contributed by atoms with Crippen molar-refractivity contribution >= 4 is 46.3 Å². The van der Waals surface area contributed by atoms with E-state index in [1.54, 1.807) is 26.4 Å². The molecule has 0 unspecified atom stereocenters. The molecule has 3 aromatic rings. The molecule has 162 valence electrons. The van der Waals surface area contributed by atoms with Gasteiger partial charge in [0.1, 0.15) is 6.61 Å². The molecule has 1 saturated heterocycles. The fraction of sp³-hybridized carbons (Fsp3) is 0.125. The van der Waals surface area contributed by atoms with Crippen LogP contribution in [0.4, 0.5) is 5.82 Å². The summed E-state index contributed by atoms with van der Waals surface area (Å²) in [7, 11) is 3.29. The summed E-state index contributed by atoms with van der Waals surface area (Å²) in [5.41, 5.74) is 1.82. The Labute approximate surface area is 195 Å². The predicted molar refractivity (Wildman–Crippen MR) is 128 cm³/mol. The molecule has 32 heavy (non-hydrogen) atoms. The quantitative estimate of drug-likeness (QED) is 0.446. The van der Waals surface area contributed by atoms with Crippen molar-refractivity contribution in [2.75, 3.05) is 14.2 Å². The van der Waals surface area contributed by atoms with Crippen molar-refractivity contribution in [3.63, 3.8) is 0 Å². The van der Waals surface area contributed by atoms with E-state index in [0.29, 0.717) is 39.0 Å². The van der Waals surface area contributed by atoms with Crippen molar-refractivity contribution in [3.8, 4) is 11.5 Å². The molecule has 1 aromatic heterocycles. The second-order valence-corrected chi connectivity index (χ2v) is 8.33. The maximum Gasteiger partial charge on any atom is 0.266 e. The van der Waals surface area contributed by atoms with Crippen LogP contribution >= 0.6 is 23.4 Å². The normalized spacial score (nSPS) is 16.1. The summed E-state index contributed by atoms with van der Waals surface area (Å²) in [6.45, 7) is 0.389. The number of hydrogen-bond donors (Lipinski definition) is 0. The first-order chi connectivity index (χ1) is 15.5. The molecule has 0 spiro atoms. The van der Waals surface area contributed by atoms with Crippen LogP contribution in [0.15, 0.2) is 76.8 Å². The Bertz CT molecular complexity index is 1180. The third-order valence-electron chi connectivity index (χ3n) is 4.66. The Morgan fingerprint density at radius 2 is 1.94 bits per heavy atom. The van der Waals surface area contributed by atoms with Crippen LogP contribution in [-0.4, -0.2) is 35.1 Å². The standard InChI is InChI=1S/C24H20ClN3O3S/c1-28-23(29)21(32-24(28)27-22-5-3-4-12-26-22)14-17-8-11-19(20(13-17)30-2)31-15-16-6-9-18(25)10-7-16/h3-14H,15H2,1-2H3/b21-14-,27-24+. The molecule has 4 rings (SSSR count). The Balaban J connectivity index is 1.51. The maximum absolute atomic E-state index is 12.7. The summed E-state index contributed by atoms with van der Waals surface area (Å²) in [6, 6.07) is 18.5. The van der Waals surface area contributed by atoms with E-state index < -0.39 is 0 Å². The van der Waals surface area contributed by atoms with Crippen LogP contribution in [0.1, 0.15) is 11.1 Å². The van der Waals surface area contributed by atoms with E-state index in [4.69, 9.17) is 21.1 Å². The van der Waals surface area contributed by atoms with Gasteiger partial charge in [0.05, 0.1) is 12.0 Å². The van der Waals surface area contributed by atoms with Gasteiger partial charge in [0.15, 0.2) is 22.5 Å². The molecule has 0 radical (unpaired) electrons. The maximum atomic E-state index is 12.7. The SMILES string of the molecule is COc1cc(/C=C2\S/C(=N/c3ccccn3)N(C)C2=O)ccc1OCc1ccc(Cl)cc1. The number of aliphatic imine (C=N–C) groups is 1. The number of carbonyl (C=O) groups is 1. The molecule has 0 aliphatic carbocycles. The van der Waals surface area contributed by atoms with Gasteiger partial charge in [-0.15, -0.1) is 0 Å². The molecular weight excluding hydrogens is 446 g/mol. The average molecular weight is 466 g/mol. The van der Waals surface area contributed by atoms with Gasteiger partial charge in [0, 0.05) is 18.3 Å². The van der Waals surface area contributed by atoms with Gasteiger partial charge in [-0.25, -0.2) is 9.98 Å². The molecule has 6 nitrogen and oxygen atoms in total. The van der Waals surface area contributed by atoms with Crippen molar-refractivity contribution in [2.24, 2.45) is 4.99 Å². The number of thioether (sulfide) groups is 1. The van der Waals surface area contributed by atoms with E-state index in [-0.39, 0.29) is 5.91 Å². The molecule has 8 heteroatoms. The van der Waals surface area contributed by atoms with Crippen LogP contribution in [0.2, 0.25) is 5.02 Å². The molecule has 1 aliphatic rings. The Morgan fingerprint density at radius 1 is 1.12 bits per heavy atom. The summed E-state index contributed by atoms with van der Waals surface area (Å²) in [4.78, 5) is 23.4. The minimum atomic E-state index is -0.119. The van der Waals surface area contributed by atoms with Crippen molar-refractivity contribution in [1.82, 2.24) is 9.88 Å². The van der Waals surface area contributed by atoms with Crippen LogP contribution in [0.3, 0.4) is 0 Å². The van der Waals surface area contributed by atoms with Crippen molar-refractivity contribution in [2.45, 2.75) is 6.61 Å². The zero-order valence-electron chi connectivity index (χ0n) is 17.5. The van der Waals surface area contributed by atoms with Crippen molar-refractivity contribution in [3.05, 3.63) is 87.9 Å². The van der Waals surface area contributed by atoms with E-state index in [1.165, 1.54) is 16.7 Å². The highest BCUT2D eigenvalue weighted by Crippen LogP contribution is 2.35. The zero-order valence-corrected chi connectivity index (χ0v) is 19.1. The number of rotatable bonds is 6. The number of amides is 1. The molecule has 0 atom stereocenters. The molecule has 1 fully saturated rings. The molecule has 0 bridgehead atoms. The highest BCUT2D eigenvalue weighted by atomic mass is 35.5. The fourth-order valence-electron chi connectivity index (χ4n) is 2.96. The minimum Gasteiger partial charge on any atom is -0.493 e. The van der Waals surface area contributed by atoms with E-state index in [2.05, 4.69) is 9.98 Å². The number of ether oxygens (including phenoxy) is 2. The topological polar surface area (TPSA) is 64.0 Å². The monoisotopic (exact) mass is 465 g/mol. The molecule has 1 amide bonds. The molecule has 2 aromatic carbocycles. The second kappa shape index (κ2) is 9.89. The number of halogens is 1. The van der Waals surface area contributed by atoms with Crippen LogP contribution in [0.25, 0.3) is 6.08 Å². The first-order valence-corrected chi connectivity index (χ1v) is 11.0. The first kappa shape index (κ1) is 21.9. The number of nitrogens with zero attached hydrogens (tertiary/aromatic N) is 3. The van der Waals surface area contributed by atoms with E-state index in [1.807, 2.05) is 60.7 Å². The first-order valence-electron chi connectivity index (χ1n) is 9.76. The molecule has 0 saturated carbocycles. The smallest absolute Gasteiger partial charge is 0.266 e. The number of methoxy groups -OCH3 is 1. The molecule has 2 heterocycles.